The van der Waals surface area contributed by atoms with Crippen LogP contribution in [-0.2, 0) is 0 Å². The molecule has 0 fully saturated rings. The lowest BCUT2D eigenvalue weighted by Crippen LogP contribution is -2.65. The summed E-state index contributed by atoms with van der Waals surface area (Å²) in [6.45, 7) is 0.298. The molecule has 0 atom stereocenters. The Balaban J connectivity index is 0.000000107. The Morgan fingerprint density at radius 2 is 0.309 bits per heavy atom. The summed E-state index contributed by atoms with van der Waals surface area (Å²) < 4.78 is 2.42. The highest BCUT2D eigenvalue weighted by Crippen LogP contribution is 2.52. The maximum Gasteiger partial charge on any atom is 0.252 e. The SMILES string of the molecule is c1ccc(N2c3ccccc3B3c4cc5c(cc4N(c4ccccc4)c4cccc2c43)N(c2ccccc2)c2cccc3c2B5c2ccccc2N3c2ccccc2)cc1.c1ccc(N2c3ccccc3B3c4cc5c6ccccc6n(-c6ccccc6)c5cc4N(c4ccccc4)c4cccc2c43)cc1.c1ccc(N2c3ccccc3B3c4ccccc4N(c4ccccc4)c4cccc2c43)cc1. The topological polar surface area (TPSA) is 30.9 Å². The Labute approximate surface area is 810 Å². The molecule has 0 bridgehead atoms. The summed E-state index contributed by atoms with van der Waals surface area (Å²) in [6.07, 6.45) is 0. The molecule has 8 aliphatic heterocycles. The Hall–Kier alpha value is -17.9. The molecule has 139 heavy (non-hydrogen) atoms. The number of fused-ring (bicyclic) bond motifs is 19. The molecule has 21 aromatic carbocycles. The summed E-state index contributed by atoms with van der Waals surface area (Å²) in [4.78, 5) is 19.7. The van der Waals surface area contributed by atoms with Gasteiger partial charge in [-0.05, 0) is 272 Å². The normalized spacial score (nSPS) is 13.4. The van der Waals surface area contributed by atoms with Crippen LogP contribution in [0, 0.1) is 0 Å². The van der Waals surface area contributed by atoms with Gasteiger partial charge in [0.1, 0.15) is 0 Å². The van der Waals surface area contributed by atoms with Gasteiger partial charge in [-0.25, -0.2) is 0 Å². The molecule has 30 rings (SSSR count). The van der Waals surface area contributed by atoms with Crippen molar-refractivity contribution in [2.75, 3.05) is 39.2 Å². The van der Waals surface area contributed by atoms with E-state index in [1.165, 1.54) is 201 Å². The van der Waals surface area contributed by atoms with Crippen LogP contribution in [0.1, 0.15) is 0 Å². The monoisotopic (exact) mass is 1770 g/mol. The maximum absolute atomic E-state index is 2.59. The molecule has 0 saturated carbocycles. The van der Waals surface area contributed by atoms with Crippen molar-refractivity contribution in [1.29, 1.82) is 0 Å². The molecular weight excluding hydrogens is 1680 g/mol. The average Bonchev–Trinajstić information content (AvgIpc) is 0.944. The van der Waals surface area contributed by atoms with Gasteiger partial charge < -0.3 is 43.8 Å². The number of hydrogen-bond donors (Lipinski definition) is 0. The summed E-state index contributed by atoms with van der Waals surface area (Å²) in [7, 11) is 0. The first kappa shape index (κ1) is 79.6. The van der Waals surface area contributed by atoms with Crippen molar-refractivity contribution in [3.63, 3.8) is 0 Å². The molecule has 0 unspecified atom stereocenters. The molecule has 0 saturated heterocycles. The first-order chi connectivity index (χ1) is 69.1. The van der Waals surface area contributed by atoms with Gasteiger partial charge in [0.25, 0.3) is 26.9 Å². The first-order valence-electron chi connectivity index (χ1n) is 48.2. The van der Waals surface area contributed by atoms with Gasteiger partial charge in [-0.3, -0.25) is 0 Å². The number of benzene rings is 21. The Kier molecular flexibility index (Phi) is 18.6. The number of nitrogens with zero attached hydrogens (tertiary/aromatic N) is 9. The highest BCUT2D eigenvalue weighted by molar-refractivity contribution is 7.04. The number of anilines is 24. The van der Waals surface area contributed by atoms with Crippen molar-refractivity contribution in [3.8, 4) is 5.69 Å². The minimum absolute atomic E-state index is 0.00842. The summed E-state index contributed by atoms with van der Waals surface area (Å²) >= 11 is 0. The van der Waals surface area contributed by atoms with Gasteiger partial charge >= 0.3 is 0 Å². The van der Waals surface area contributed by atoms with E-state index in [2.05, 4.69) is 559 Å². The van der Waals surface area contributed by atoms with Crippen LogP contribution >= 0.6 is 0 Å². The standard InChI is InChI=1S/C54H36B2N4.C42H28BN3.C30H21BN2/c1-5-19-37(20-6-1)57-45-29-15-13-27-41(45)55-43-35-44-52(36-51(43)59(39-23-9-3-10-24-39)49-33-17-31-47(57)53(49)55)60(40-25-11-4-12-26-40)50-34-18-32-48-54(50)56(44)42-28-14-16-30-46(42)58(48)38-21-7-2-8-22-38;1-4-15-29(16-5-1)44-36-23-12-10-21-32(36)33-27-35-41(28-40(33)44)46(31-19-8-3-9-20-31)39-26-14-25-38-42(39)43(35)34-22-11-13-24-37(34)45(38)30-17-6-2-7-18-30;1-3-12-22(13-4-1)32-26-18-9-7-16-24(26)31-25-17-8-10-19-27(25)33(23-14-5-2-6-15-23)29-21-11-20-28(32)30(29)31/h1-36H;1-28H;1-21H. The molecule has 22 aromatic rings. The predicted octanol–water partition coefficient (Wildman–Crippen LogP) is 24.5. The number of para-hydroxylation sites is 15. The van der Waals surface area contributed by atoms with Crippen molar-refractivity contribution in [1.82, 2.24) is 4.57 Å². The number of hydrogen-bond acceptors (Lipinski definition) is 8. The summed E-state index contributed by atoms with van der Waals surface area (Å²) in [5.74, 6) is 0. The molecule has 646 valence electrons. The maximum atomic E-state index is 2.59. The fourth-order valence-electron chi connectivity index (χ4n) is 24.1. The van der Waals surface area contributed by atoms with Crippen LogP contribution in [0.2, 0.25) is 0 Å². The van der Waals surface area contributed by atoms with Crippen molar-refractivity contribution in [2.45, 2.75) is 0 Å². The van der Waals surface area contributed by atoms with E-state index in [1.807, 2.05) is 0 Å². The van der Waals surface area contributed by atoms with Crippen molar-refractivity contribution in [3.05, 3.63) is 516 Å². The van der Waals surface area contributed by atoms with Gasteiger partial charge in [0.2, 0.25) is 0 Å². The van der Waals surface area contributed by atoms with Gasteiger partial charge in [-0.15, -0.1) is 0 Å². The van der Waals surface area contributed by atoms with Crippen molar-refractivity contribution >= 4 is 251 Å². The van der Waals surface area contributed by atoms with Gasteiger partial charge in [-0.1, -0.05) is 309 Å². The predicted molar refractivity (Wildman–Crippen MR) is 590 cm³/mol. The summed E-state index contributed by atoms with van der Waals surface area (Å²) in [5.41, 5.74) is 48.4. The fourth-order valence-corrected chi connectivity index (χ4v) is 24.1. The number of aromatic nitrogens is 1. The van der Waals surface area contributed by atoms with Gasteiger partial charge in [0.15, 0.2) is 0 Å². The molecule has 0 amide bonds. The molecule has 13 heteroatoms. The third-order valence-corrected chi connectivity index (χ3v) is 29.5. The Morgan fingerprint density at radius 1 is 0.115 bits per heavy atom. The molecule has 0 radical (unpaired) electrons. The van der Waals surface area contributed by atoms with E-state index < -0.39 is 0 Å². The van der Waals surface area contributed by atoms with Crippen LogP contribution < -0.4 is 105 Å². The third-order valence-electron chi connectivity index (χ3n) is 29.5. The fraction of sp³-hybridized carbons (Fsp3) is 0. The van der Waals surface area contributed by atoms with E-state index in [0.717, 1.165) is 28.4 Å². The van der Waals surface area contributed by atoms with Gasteiger partial charge in [-0.2, -0.15) is 0 Å². The molecule has 0 N–H and O–H groups in total. The van der Waals surface area contributed by atoms with E-state index in [4.69, 9.17) is 0 Å². The largest absolute Gasteiger partial charge is 0.311 e. The van der Waals surface area contributed by atoms with E-state index in [0.29, 0.717) is 0 Å². The zero-order valence-electron chi connectivity index (χ0n) is 75.9. The second kappa shape index (κ2) is 32.4. The first-order valence-corrected chi connectivity index (χ1v) is 48.2. The molecule has 0 aliphatic carbocycles. The molecule has 0 spiro atoms. The van der Waals surface area contributed by atoms with E-state index in [9.17, 15) is 0 Å². The zero-order valence-corrected chi connectivity index (χ0v) is 75.9. The van der Waals surface area contributed by atoms with Crippen LogP contribution in [0.4, 0.5) is 136 Å². The highest BCUT2D eigenvalue weighted by atomic mass is 15.2. The number of rotatable bonds is 9. The molecule has 1 aromatic heterocycles. The van der Waals surface area contributed by atoms with Crippen LogP contribution in [0.15, 0.2) is 516 Å². The average molecular weight is 1770 g/mol. The lowest BCUT2D eigenvalue weighted by molar-refractivity contribution is 1.18. The minimum atomic E-state index is 0.00842. The second-order valence-corrected chi connectivity index (χ2v) is 36.8. The van der Waals surface area contributed by atoms with Crippen molar-refractivity contribution in [2.24, 2.45) is 0 Å². The third kappa shape index (κ3) is 12.4. The van der Waals surface area contributed by atoms with E-state index in [1.54, 1.807) is 0 Å². The van der Waals surface area contributed by atoms with E-state index in [-0.39, 0.29) is 26.9 Å². The summed E-state index contributed by atoms with van der Waals surface area (Å²) in [6, 6.07) is 188. The quantitative estimate of drug-likeness (QED) is 0.132. The minimum Gasteiger partial charge on any atom is -0.311 e. The Morgan fingerprint density at radius 3 is 0.576 bits per heavy atom. The molecule has 8 aliphatic rings. The van der Waals surface area contributed by atoms with E-state index >= 15 is 0 Å². The smallest absolute Gasteiger partial charge is 0.252 e. The molecule has 9 nitrogen and oxygen atoms in total. The second-order valence-electron chi connectivity index (χ2n) is 36.8. The van der Waals surface area contributed by atoms with Crippen LogP contribution in [0.5, 0.6) is 0 Å². The van der Waals surface area contributed by atoms with Gasteiger partial charge in [0.05, 0.1) is 11.0 Å². The Bertz CT molecular complexity index is 8280. The van der Waals surface area contributed by atoms with Crippen LogP contribution in [-0.4, -0.2) is 31.4 Å². The van der Waals surface area contributed by atoms with Crippen LogP contribution in [0.3, 0.4) is 0 Å². The van der Waals surface area contributed by atoms with Crippen LogP contribution in [0.25, 0.3) is 27.5 Å². The summed E-state index contributed by atoms with van der Waals surface area (Å²) in [5, 5.41) is 2.54. The van der Waals surface area contributed by atoms with Gasteiger partial charge in [0, 0.05) is 153 Å². The zero-order chi connectivity index (χ0) is 91.3. The van der Waals surface area contributed by atoms with Crippen molar-refractivity contribution < 1.29 is 0 Å². The lowest BCUT2D eigenvalue weighted by atomic mass is 9.30. The molecule has 9 heterocycles. The lowest BCUT2D eigenvalue weighted by Gasteiger charge is -2.47. The highest BCUT2D eigenvalue weighted by Gasteiger charge is 2.51. The molecular formula is C126H85B4N9.